The van der Waals surface area contributed by atoms with Crippen LogP contribution in [0.2, 0.25) is 0 Å². The highest BCUT2D eigenvalue weighted by Crippen LogP contribution is 2.02. The monoisotopic (exact) mass is 269 g/mol. The van der Waals surface area contributed by atoms with Gasteiger partial charge in [-0.1, -0.05) is 50.1 Å². The summed E-state index contributed by atoms with van der Waals surface area (Å²) in [5, 5.41) is 0. The molecule has 0 aromatic heterocycles. The van der Waals surface area contributed by atoms with Gasteiger partial charge in [-0.2, -0.15) is 0 Å². The minimum Gasteiger partial charge on any atom is -0.215 e. The molecule has 102 valence electrons. The first-order valence-corrected chi connectivity index (χ1v) is 8.30. The van der Waals surface area contributed by atoms with Gasteiger partial charge in [-0.3, -0.25) is 0 Å². The SMILES string of the molecule is CCCCCS(=O)(=O)NCCCc1ccccc1. The van der Waals surface area contributed by atoms with E-state index in [2.05, 4.69) is 23.8 Å². The molecule has 0 atom stereocenters. The largest absolute Gasteiger partial charge is 0.215 e. The molecule has 0 fully saturated rings. The van der Waals surface area contributed by atoms with Crippen molar-refractivity contribution in [3.63, 3.8) is 0 Å². The number of aryl methyl sites for hydroxylation is 1. The number of hydrogen-bond acceptors (Lipinski definition) is 2. The van der Waals surface area contributed by atoms with Crippen LogP contribution in [0.4, 0.5) is 0 Å². The van der Waals surface area contributed by atoms with Crippen LogP contribution in [-0.2, 0) is 16.4 Å². The number of nitrogens with one attached hydrogen (secondary N) is 1. The van der Waals surface area contributed by atoms with Crippen molar-refractivity contribution in [3.8, 4) is 0 Å². The summed E-state index contributed by atoms with van der Waals surface area (Å²) in [6.45, 7) is 2.60. The molecule has 3 nitrogen and oxygen atoms in total. The highest BCUT2D eigenvalue weighted by Gasteiger charge is 2.08. The van der Waals surface area contributed by atoms with E-state index in [0.29, 0.717) is 6.54 Å². The van der Waals surface area contributed by atoms with E-state index in [1.54, 1.807) is 0 Å². The normalized spacial score (nSPS) is 11.6. The number of benzene rings is 1. The lowest BCUT2D eigenvalue weighted by molar-refractivity contribution is 0.574. The standard InChI is InChI=1S/C14H23NO2S/c1-2-3-7-13-18(16,17)15-12-8-11-14-9-5-4-6-10-14/h4-6,9-10,15H,2-3,7-8,11-13H2,1H3. The van der Waals surface area contributed by atoms with Gasteiger partial charge in [0.05, 0.1) is 5.75 Å². The van der Waals surface area contributed by atoms with Crippen LogP contribution in [0.15, 0.2) is 30.3 Å². The van der Waals surface area contributed by atoms with Crippen LogP contribution in [0.1, 0.15) is 38.2 Å². The average Bonchev–Trinajstić information content (AvgIpc) is 2.36. The number of unbranched alkanes of at least 4 members (excludes halogenated alkanes) is 2. The lowest BCUT2D eigenvalue weighted by Crippen LogP contribution is -2.27. The lowest BCUT2D eigenvalue weighted by atomic mass is 10.1. The molecule has 0 aliphatic carbocycles. The van der Waals surface area contributed by atoms with Gasteiger partial charge in [0.15, 0.2) is 0 Å². The minimum absolute atomic E-state index is 0.256. The van der Waals surface area contributed by atoms with Crippen molar-refractivity contribution in [1.82, 2.24) is 4.72 Å². The third-order valence-electron chi connectivity index (χ3n) is 2.82. The Hall–Kier alpha value is -0.870. The van der Waals surface area contributed by atoms with E-state index < -0.39 is 10.0 Å². The zero-order valence-corrected chi connectivity index (χ0v) is 11.9. The summed E-state index contributed by atoms with van der Waals surface area (Å²) >= 11 is 0. The molecule has 0 amide bonds. The minimum atomic E-state index is -3.06. The molecule has 1 N–H and O–H groups in total. The maximum absolute atomic E-state index is 11.6. The predicted molar refractivity (Wildman–Crippen MR) is 76.1 cm³/mol. The van der Waals surface area contributed by atoms with Gasteiger partial charge in [-0.15, -0.1) is 0 Å². The molecule has 0 saturated carbocycles. The molecule has 0 aliphatic heterocycles. The van der Waals surface area contributed by atoms with E-state index in [9.17, 15) is 8.42 Å². The lowest BCUT2D eigenvalue weighted by Gasteiger charge is -2.06. The van der Waals surface area contributed by atoms with Gasteiger partial charge in [0.2, 0.25) is 10.0 Å². The van der Waals surface area contributed by atoms with Gasteiger partial charge in [0.1, 0.15) is 0 Å². The topological polar surface area (TPSA) is 46.2 Å². The average molecular weight is 269 g/mol. The van der Waals surface area contributed by atoms with Crippen LogP contribution in [0.25, 0.3) is 0 Å². The molecule has 0 radical (unpaired) electrons. The molecule has 0 spiro atoms. The second-order valence-corrected chi connectivity index (χ2v) is 6.44. The summed E-state index contributed by atoms with van der Waals surface area (Å²) in [5.74, 6) is 0.256. The Kier molecular flexibility index (Phi) is 6.98. The maximum atomic E-state index is 11.6. The number of hydrogen-bond donors (Lipinski definition) is 1. The van der Waals surface area contributed by atoms with E-state index >= 15 is 0 Å². The van der Waals surface area contributed by atoms with Gasteiger partial charge in [-0.25, -0.2) is 13.1 Å². The van der Waals surface area contributed by atoms with Crippen LogP contribution in [0.3, 0.4) is 0 Å². The van der Waals surface area contributed by atoms with E-state index in [4.69, 9.17) is 0 Å². The molecule has 18 heavy (non-hydrogen) atoms. The third-order valence-corrected chi connectivity index (χ3v) is 4.29. The van der Waals surface area contributed by atoms with Gasteiger partial charge in [0.25, 0.3) is 0 Å². The fraction of sp³-hybridized carbons (Fsp3) is 0.571. The van der Waals surface area contributed by atoms with Gasteiger partial charge in [0, 0.05) is 6.54 Å². The summed E-state index contributed by atoms with van der Waals surface area (Å²) in [4.78, 5) is 0. The smallest absolute Gasteiger partial charge is 0.211 e. The Morgan fingerprint density at radius 2 is 1.78 bits per heavy atom. The Morgan fingerprint density at radius 1 is 1.06 bits per heavy atom. The van der Waals surface area contributed by atoms with Crippen molar-refractivity contribution < 1.29 is 8.42 Å². The molecule has 0 unspecified atom stereocenters. The fourth-order valence-corrected chi connectivity index (χ4v) is 2.96. The molecule has 1 aromatic rings. The van der Waals surface area contributed by atoms with Crippen molar-refractivity contribution in [1.29, 1.82) is 0 Å². The highest BCUT2D eigenvalue weighted by molar-refractivity contribution is 7.89. The van der Waals surface area contributed by atoms with Crippen molar-refractivity contribution >= 4 is 10.0 Å². The van der Waals surface area contributed by atoms with Crippen LogP contribution in [0.5, 0.6) is 0 Å². The zero-order valence-electron chi connectivity index (χ0n) is 11.1. The van der Waals surface area contributed by atoms with Gasteiger partial charge < -0.3 is 0 Å². The summed E-state index contributed by atoms with van der Waals surface area (Å²) < 4.78 is 25.9. The second kappa shape index (κ2) is 8.27. The van der Waals surface area contributed by atoms with Crippen LogP contribution in [-0.4, -0.2) is 20.7 Å². The van der Waals surface area contributed by atoms with Crippen molar-refractivity contribution in [3.05, 3.63) is 35.9 Å². The Labute approximate surface area is 111 Å². The fourth-order valence-electron chi connectivity index (χ4n) is 1.78. The molecular weight excluding hydrogens is 246 g/mol. The van der Waals surface area contributed by atoms with E-state index in [1.165, 1.54) is 5.56 Å². The van der Waals surface area contributed by atoms with Crippen molar-refractivity contribution in [2.75, 3.05) is 12.3 Å². The third kappa shape index (κ3) is 6.77. The Bertz CT molecular complexity index is 415. The van der Waals surface area contributed by atoms with Crippen molar-refractivity contribution in [2.24, 2.45) is 0 Å². The molecule has 1 rings (SSSR count). The summed E-state index contributed by atoms with van der Waals surface area (Å²) in [7, 11) is -3.06. The van der Waals surface area contributed by atoms with Crippen LogP contribution < -0.4 is 4.72 Å². The van der Waals surface area contributed by atoms with Crippen molar-refractivity contribution in [2.45, 2.75) is 39.0 Å². The zero-order chi connectivity index (χ0) is 13.3. The molecule has 4 heteroatoms. The molecule has 0 aliphatic rings. The maximum Gasteiger partial charge on any atom is 0.211 e. The second-order valence-electron chi connectivity index (χ2n) is 4.51. The highest BCUT2D eigenvalue weighted by atomic mass is 32.2. The number of rotatable bonds is 9. The summed E-state index contributed by atoms with van der Waals surface area (Å²) in [6, 6.07) is 10.1. The Morgan fingerprint density at radius 3 is 2.44 bits per heavy atom. The first kappa shape index (κ1) is 15.2. The first-order valence-electron chi connectivity index (χ1n) is 6.65. The molecular formula is C14H23NO2S. The summed E-state index contributed by atoms with van der Waals surface area (Å²) in [6.07, 6.45) is 4.54. The van der Waals surface area contributed by atoms with Gasteiger partial charge in [-0.05, 0) is 24.8 Å². The van der Waals surface area contributed by atoms with Crippen LogP contribution >= 0.6 is 0 Å². The molecule has 0 heterocycles. The van der Waals surface area contributed by atoms with E-state index in [0.717, 1.165) is 32.1 Å². The first-order chi connectivity index (χ1) is 8.64. The van der Waals surface area contributed by atoms with E-state index in [-0.39, 0.29) is 5.75 Å². The van der Waals surface area contributed by atoms with Crippen LogP contribution in [0, 0.1) is 0 Å². The Balaban J connectivity index is 2.17. The predicted octanol–water partition coefficient (Wildman–Crippen LogP) is 2.73. The molecule has 0 bridgehead atoms. The molecule has 1 aromatic carbocycles. The van der Waals surface area contributed by atoms with Gasteiger partial charge >= 0.3 is 0 Å². The summed E-state index contributed by atoms with van der Waals surface area (Å²) in [5.41, 5.74) is 1.25. The van der Waals surface area contributed by atoms with E-state index in [1.807, 2.05) is 18.2 Å². The quantitative estimate of drug-likeness (QED) is 0.701. The number of sulfonamides is 1. The molecule has 0 saturated heterocycles.